The summed E-state index contributed by atoms with van der Waals surface area (Å²) in [4.78, 5) is 24.5. The molecular weight excluding hydrogens is 422 g/mol. The lowest BCUT2D eigenvalue weighted by molar-refractivity contribution is -0.140. The molecule has 8 heteroatoms. The number of ether oxygens (including phenoxy) is 2. The fraction of sp³-hybridized carbons (Fsp3) is 0.318. The average Bonchev–Trinajstić information content (AvgIpc) is 2.95. The van der Waals surface area contributed by atoms with Gasteiger partial charge in [0.15, 0.2) is 11.5 Å². The Hall–Kier alpha value is -2.58. The Morgan fingerprint density at radius 2 is 1.83 bits per heavy atom. The van der Waals surface area contributed by atoms with Gasteiger partial charge in [0, 0.05) is 5.56 Å². The zero-order valence-electron chi connectivity index (χ0n) is 17.4. The Morgan fingerprint density at radius 1 is 1.17 bits per heavy atom. The monoisotopic (exact) mass is 447 g/mol. The van der Waals surface area contributed by atoms with Crippen LogP contribution in [0.1, 0.15) is 30.5 Å². The molecule has 0 bridgehead atoms. The number of carbonyl (C=O) groups excluding carboxylic acids is 1. The van der Waals surface area contributed by atoms with Crippen molar-refractivity contribution in [3.05, 3.63) is 52.0 Å². The quantitative estimate of drug-likeness (QED) is 0.339. The number of thiocarbonyl (C=S) groups is 1. The van der Waals surface area contributed by atoms with Crippen LogP contribution in [-0.2, 0) is 9.59 Å². The number of aliphatic carboxylic acids is 1. The molecule has 0 radical (unpaired) electrons. The number of thioether (sulfide) groups is 1. The van der Waals surface area contributed by atoms with Crippen LogP contribution in [0.3, 0.4) is 0 Å². The lowest BCUT2D eigenvalue weighted by Gasteiger charge is -2.17. The number of aryl methyl sites for hydroxylation is 1. The van der Waals surface area contributed by atoms with Gasteiger partial charge in [0.1, 0.15) is 10.9 Å². The Bertz CT molecular complexity index is 934. The Labute approximate surface area is 186 Å². The Morgan fingerprint density at radius 3 is 2.47 bits per heavy atom. The molecule has 1 aliphatic heterocycles. The van der Waals surface area contributed by atoms with Crippen molar-refractivity contribution in [3.8, 4) is 11.5 Å². The van der Waals surface area contributed by atoms with Crippen molar-refractivity contribution in [3.63, 3.8) is 0 Å². The molecule has 1 saturated heterocycles. The maximum Gasteiger partial charge on any atom is 0.323 e. The van der Waals surface area contributed by atoms with E-state index < -0.39 is 12.5 Å². The lowest BCUT2D eigenvalue weighted by Crippen LogP contribution is -2.33. The summed E-state index contributed by atoms with van der Waals surface area (Å²) in [6.07, 6.45) is 8.99. The van der Waals surface area contributed by atoms with Gasteiger partial charge in [-0.05, 0) is 51.0 Å². The van der Waals surface area contributed by atoms with Gasteiger partial charge in [-0.2, -0.15) is 0 Å². The molecule has 6 nitrogen and oxygen atoms in total. The first kappa shape index (κ1) is 23.7. The van der Waals surface area contributed by atoms with Crippen LogP contribution in [0.15, 0.2) is 35.3 Å². The second kappa shape index (κ2) is 11.0. The molecule has 30 heavy (non-hydrogen) atoms. The van der Waals surface area contributed by atoms with E-state index in [1.54, 1.807) is 18.2 Å². The van der Waals surface area contributed by atoms with Crippen LogP contribution in [-0.4, -0.2) is 46.0 Å². The maximum absolute atomic E-state index is 12.2. The molecule has 0 aliphatic carbocycles. The number of carboxylic acids is 1. The van der Waals surface area contributed by atoms with E-state index in [-0.39, 0.29) is 10.2 Å². The molecule has 1 amide bonds. The number of carboxylic acid groups (broad SMARTS) is 1. The molecule has 0 atom stereocenters. The number of carbonyl (C=O) groups is 2. The number of allylic oxidation sites excluding steroid dienone is 4. The molecule has 0 spiro atoms. The Kier molecular flexibility index (Phi) is 8.68. The highest BCUT2D eigenvalue weighted by molar-refractivity contribution is 8.26. The third-order valence-electron chi connectivity index (χ3n) is 4.20. The van der Waals surface area contributed by atoms with Gasteiger partial charge in [-0.3, -0.25) is 14.5 Å². The molecule has 2 rings (SSSR count). The lowest BCUT2D eigenvalue weighted by atomic mass is 10.0. The van der Waals surface area contributed by atoms with Crippen LogP contribution < -0.4 is 9.47 Å². The minimum absolute atomic E-state index is 0.251. The van der Waals surface area contributed by atoms with Crippen molar-refractivity contribution in [1.29, 1.82) is 0 Å². The summed E-state index contributed by atoms with van der Waals surface area (Å²) in [5.41, 5.74) is 3.00. The molecule has 1 aliphatic rings. The first-order valence-electron chi connectivity index (χ1n) is 9.50. The maximum atomic E-state index is 12.2. The van der Waals surface area contributed by atoms with Crippen LogP contribution in [0, 0.1) is 13.8 Å². The molecule has 0 aromatic heterocycles. The predicted molar refractivity (Wildman–Crippen MR) is 124 cm³/mol. The number of rotatable bonds is 9. The normalized spacial score (nSPS) is 15.7. The second-order valence-corrected chi connectivity index (χ2v) is 8.04. The van der Waals surface area contributed by atoms with Gasteiger partial charge in [-0.15, -0.1) is 0 Å². The summed E-state index contributed by atoms with van der Waals surface area (Å²) < 4.78 is 11.8. The first-order valence-corrected chi connectivity index (χ1v) is 10.7. The average molecular weight is 448 g/mol. The number of nitrogens with zero attached hydrogens (tertiary/aromatic N) is 1. The standard InChI is InChI=1S/C22H25NO5S2/c1-5-27-19-14(3)12-16(15(4)20(19)28-6-2)10-8-7-9-11-17-21(26)23(13-18(24)25)22(29)30-17/h7-12H,5-6,13H2,1-4H3,(H,24,25)/b9-7+,10-8+,17-11+. The zero-order chi connectivity index (χ0) is 22.3. The summed E-state index contributed by atoms with van der Waals surface area (Å²) in [5.74, 6) is 0.0387. The van der Waals surface area contributed by atoms with E-state index in [0.717, 1.165) is 44.9 Å². The first-order chi connectivity index (χ1) is 14.3. The van der Waals surface area contributed by atoms with Crippen LogP contribution in [0.25, 0.3) is 6.08 Å². The summed E-state index contributed by atoms with van der Waals surface area (Å²) in [5, 5.41) is 8.87. The summed E-state index contributed by atoms with van der Waals surface area (Å²) in [6.45, 7) is 8.55. The third kappa shape index (κ3) is 5.73. The van der Waals surface area contributed by atoms with Crippen LogP contribution >= 0.6 is 24.0 Å². The van der Waals surface area contributed by atoms with Gasteiger partial charge in [0.2, 0.25) is 0 Å². The minimum atomic E-state index is -1.10. The molecule has 160 valence electrons. The van der Waals surface area contributed by atoms with Gasteiger partial charge in [-0.1, -0.05) is 48.3 Å². The third-order valence-corrected chi connectivity index (χ3v) is 5.60. The van der Waals surface area contributed by atoms with Crippen LogP contribution in [0.4, 0.5) is 0 Å². The molecule has 1 heterocycles. The number of amides is 1. The van der Waals surface area contributed by atoms with Crippen molar-refractivity contribution in [2.75, 3.05) is 19.8 Å². The van der Waals surface area contributed by atoms with Crippen LogP contribution in [0.2, 0.25) is 0 Å². The van der Waals surface area contributed by atoms with E-state index in [2.05, 4.69) is 0 Å². The highest BCUT2D eigenvalue weighted by atomic mass is 32.2. The van der Waals surface area contributed by atoms with Gasteiger partial charge in [0.25, 0.3) is 5.91 Å². The molecule has 1 fully saturated rings. The summed E-state index contributed by atoms with van der Waals surface area (Å²) >= 11 is 6.17. The van der Waals surface area contributed by atoms with E-state index in [0.29, 0.717) is 18.1 Å². The smallest absolute Gasteiger partial charge is 0.323 e. The van der Waals surface area contributed by atoms with Crippen molar-refractivity contribution in [2.45, 2.75) is 27.7 Å². The summed E-state index contributed by atoms with van der Waals surface area (Å²) in [6, 6.07) is 2.05. The van der Waals surface area contributed by atoms with E-state index in [1.807, 2.05) is 45.9 Å². The van der Waals surface area contributed by atoms with Crippen molar-refractivity contribution in [2.24, 2.45) is 0 Å². The molecule has 0 saturated carbocycles. The molecule has 1 N–H and O–H groups in total. The second-order valence-electron chi connectivity index (χ2n) is 6.36. The molecular formula is C22H25NO5S2. The minimum Gasteiger partial charge on any atom is -0.490 e. The van der Waals surface area contributed by atoms with E-state index >= 15 is 0 Å². The van der Waals surface area contributed by atoms with Crippen molar-refractivity contribution in [1.82, 2.24) is 4.90 Å². The molecule has 1 aromatic carbocycles. The number of hydrogen-bond acceptors (Lipinski definition) is 6. The van der Waals surface area contributed by atoms with Crippen LogP contribution in [0.5, 0.6) is 11.5 Å². The van der Waals surface area contributed by atoms with E-state index in [4.69, 9.17) is 26.8 Å². The predicted octanol–water partition coefficient (Wildman–Crippen LogP) is 4.50. The number of hydrogen-bond donors (Lipinski definition) is 1. The van der Waals surface area contributed by atoms with Gasteiger partial charge in [0.05, 0.1) is 18.1 Å². The van der Waals surface area contributed by atoms with Gasteiger partial charge >= 0.3 is 5.97 Å². The fourth-order valence-corrected chi connectivity index (χ4v) is 4.06. The molecule has 0 unspecified atom stereocenters. The van der Waals surface area contributed by atoms with Gasteiger partial charge < -0.3 is 14.6 Å². The van der Waals surface area contributed by atoms with Crippen molar-refractivity contribution >= 4 is 46.3 Å². The van der Waals surface area contributed by atoms with Gasteiger partial charge in [-0.25, -0.2) is 0 Å². The van der Waals surface area contributed by atoms with E-state index in [9.17, 15) is 9.59 Å². The summed E-state index contributed by atoms with van der Waals surface area (Å²) in [7, 11) is 0. The fourth-order valence-electron chi connectivity index (χ4n) is 2.85. The Balaban J connectivity index is 2.16. The number of benzene rings is 1. The zero-order valence-corrected chi connectivity index (χ0v) is 19.1. The van der Waals surface area contributed by atoms with Crippen molar-refractivity contribution < 1.29 is 24.2 Å². The largest absolute Gasteiger partial charge is 0.490 e. The molecule has 1 aromatic rings. The topological polar surface area (TPSA) is 76.1 Å². The SMILES string of the molecule is CCOc1c(C)cc(/C=C/C=C/C=C2/SC(=S)N(CC(=O)O)C2=O)c(C)c1OCC. The highest BCUT2D eigenvalue weighted by Gasteiger charge is 2.32. The van der Waals surface area contributed by atoms with E-state index in [1.165, 1.54) is 0 Å². The highest BCUT2D eigenvalue weighted by Crippen LogP contribution is 2.37.